The van der Waals surface area contributed by atoms with Crippen molar-refractivity contribution in [3.8, 4) is 11.1 Å². The van der Waals surface area contributed by atoms with E-state index in [1.165, 1.54) is 22.3 Å². The van der Waals surface area contributed by atoms with Crippen LogP contribution in [0.3, 0.4) is 0 Å². The van der Waals surface area contributed by atoms with Crippen molar-refractivity contribution in [2.75, 3.05) is 19.7 Å². The lowest BCUT2D eigenvalue weighted by Crippen LogP contribution is -2.53. The van der Waals surface area contributed by atoms with Gasteiger partial charge in [0, 0.05) is 19.0 Å². The second-order valence-electron chi connectivity index (χ2n) is 8.52. The maximum atomic E-state index is 12.8. The van der Waals surface area contributed by atoms with Gasteiger partial charge >= 0.3 is 12.1 Å². The molecule has 1 saturated heterocycles. The van der Waals surface area contributed by atoms with Crippen molar-refractivity contribution in [3.63, 3.8) is 0 Å². The third-order valence-corrected chi connectivity index (χ3v) is 6.95. The molecule has 29 heavy (non-hydrogen) atoms. The first kappa shape index (κ1) is 18.2. The molecular formula is C24H25NO4. The van der Waals surface area contributed by atoms with Gasteiger partial charge in [-0.05, 0) is 46.9 Å². The summed E-state index contributed by atoms with van der Waals surface area (Å²) in [7, 11) is 0. The summed E-state index contributed by atoms with van der Waals surface area (Å²) in [6.07, 6.45) is 2.49. The maximum absolute atomic E-state index is 12.8. The summed E-state index contributed by atoms with van der Waals surface area (Å²) in [6.45, 7) is 1.29. The van der Waals surface area contributed by atoms with Crippen LogP contribution in [0.5, 0.6) is 0 Å². The summed E-state index contributed by atoms with van der Waals surface area (Å²) < 4.78 is 5.78. The van der Waals surface area contributed by atoms with E-state index in [1.807, 2.05) is 24.3 Å². The molecule has 0 radical (unpaired) electrons. The molecule has 2 aliphatic carbocycles. The van der Waals surface area contributed by atoms with Crippen LogP contribution in [0.15, 0.2) is 48.5 Å². The number of carboxylic acids is 1. The Kier molecular flexibility index (Phi) is 4.53. The highest BCUT2D eigenvalue weighted by molar-refractivity contribution is 5.79. The average molecular weight is 391 g/mol. The van der Waals surface area contributed by atoms with E-state index >= 15 is 0 Å². The van der Waals surface area contributed by atoms with Crippen molar-refractivity contribution >= 4 is 12.1 Å². The molecule has 1 aliphatic heterocycles. The van der Waals surface area contributed by atoms with E-state index in [1.54, 1.807) is 4.90 Å². The van der Waals surface area contributed by atoms with E-state index in [2.05, 4.69) is 24.3 Å². The topological polar surface area (TPSA) is 66.8 Å². The minimum atomic E-state index is -0.716. The van der Waals surface area contributed by atoms with Crippen LogP contribution in [0.4, 0.5) is 4.79 Å². The summed E-state index contributed by atoms with van der Waals surface area (Å²) in [5.74, 6) is -0.906. The molecule has 5 heteroatoms. The molecule has 1 amide bonds. The standard InChI is InChI=1S/C24H25NO4/c26-23(27)22-15-6-5-7-16(22)13-25(12-15)24(28)29-14-21-19-10-3-1-8-17(19)18-9-2-4-11-20(18)21/h1-4,8-11,15-16,21-22H,5-7,12-14H2,(H,26,27)/t15-,16+,22?. The highest BCUT2D eigenvalue weighted by Gasteiger charge is 2.45. The van der Waals surface area contributed by atoms with Gasteiger partial charge < -0.3 is 14.7 Å². The number of carbonyl (C=O) groups is 2. The number of carbonyl (C=O) groups excluding carboxylic acids is 1. The fraction of sp³-hybridized carbons (Fsp3) is 0.417. The van der Waals surface area contributed by atoms with Crippen LogP contribution in [0.1, 0.15) is 36.3 Å². The number of carboxylic acid groups (broad SMARTS) is 1. The fourth-order valence-corrected chi connectivity index (χ4v) is 5.67. The number of amides is 1. The van der Waals surface area contributed by atoms with E-state index < -0.39 is 5.97 Å². The fourth-order valence-electron chi connectivity index (χ4n) is 5.67. The van der Waals surface area contributed by atoms with Crippen LogP contribution in [0, 0.1) is 17.8 Å². The Morgan fingerprint density at radius 1 is 0.931 bits per heavy atom. The Morgan fingerprint density at radius 3 is 2.03 bits per heavy atom. The van der Waals surface area contributed by atoms with E-state index in [4.69, 9.17) is 4.74 Å². The van der Waals surface area contributed by atoms with Crippen molar-refractivity contribution < 1.29 is 19.4 Å². The summed E-state index contributed by atoms with van der Waals surface area (Å²) in [5, 5.41) is 9.57. The van der Waals surface area contributed by atoms with Crippen molar-refractivity contribution in [2.24, 2.45) is 17.8 Å². The van der Waals surface area contributed by atoms with Gasteiger partial charge in [-0.3, -0.25) is 4.79 Å². The molecule has 0 aromatic heterocycles. The van der Waals surface area contributed by atoms with Gasteiger partial charge in [0.25, 0.3) is 0 Å². The first-order valence-electron chi connectivity index (χ1n) is 10.5. The molecule has 0 spiro atoms. The van der Waals surface area contributed by atoms with E-state index in [9.17, 15) is 14.7 Å². The molecule has 1 N–H and O–H groups in total. The number of rotatable bonds is 3. The van der Waals surface area contributed by atoms with Gasteiger partial charge in [0.1, 0.15) is 6.61 Å². The predicted octanol–water partition coefficient (Wildman–Crippen LogP) is 4.37. The number of hydrogen-bond acceptors (Lipinski definition) is 3. The molecule has 150 valence electrons. The molecular weight excluding hydrogens is 366 g/mol. The quantitative estimate of drug-likeness (QED) is 0.844. The smallest absolute Gasteiger partial charge is 0.409 e. The van der Waals surface area contributed by atoms with Gasteiger partial charge in [-0.15, -0.1) is 0 Å². The van der Waals surface area contributed by atoms with Crippen molar-refractivity contribution in [1.29, 1.82) is 0 Å². The van der Waals surface area contributed by atoms with Crippen LogP contribution in [0.2, 0.25) is 0 Å². The number of hydrogen-bond donors (Lipinski definition) is 1. The van der Waals surface area contributed by atoms with Gasteiger partial charge in [-0.2, -0.15) is 0 Å². The van der Waals surface area contributed by atoms with Crippen LogP contribution in [0.25, 0.3) is 11.1 Å². The second-order valence-corrected chi connectivity index (χ2v) is 8.52. The highest BCUT2D eigenvalue weighted by atomic mass is 16.6. The molecule has 2 bridgehead atoms. The zero-order valence-electron chi connectivity index (χ0n) is 16.3. The predicted molar refractivity (Wildman–Crippen MR) is 109 cm³/mol. The summed E-state index contributed by atoms with van der Waals surface area (Å²) in [5.41, 5.74) is 4.81. The van der Waals surface area contributed by atoms with Crippen molar-refractivity contribution in [3.05, 3.63) is 59.7 Å². The van der Waals surface area contributed by atoms with Gasteiger partial charge in [-0.25, -0.2) is 4.79 Å². The number of ether oxygens (including phenoxy) is 1. The molecule has 2 aromatic carbocycles. The normalized spacial score (nSPS) is 25.2. The molecule has 3 atom stereocenters. The first-order chi connectivity index (χ1) is 14.1. The summed E-state index contributed by atoms with van der Waals surface area (Å²) in [4.78, 5) is 26.2. The SMILES string of the molecule is O=C(O)C1[C@@H]2CCC[C@H]1CN(C(=O)OCC1c3ccccc3-c3ccccc31)C2. The average Bonchev–Trinajstić information content (AvgIpc) is 3.05. The van der Waals surface area contributed by atoms with Gasteiger partial charge in [0.2, 0.25) is 0 Å². The highest BCUT2D eigenvalue weighted by Crippen LogP contribution is 2.45. The second kappa shape index (κ2) is 7.21. The third kappa shape index (κ3) is 3.09. The summed E-state index contributed by atoms with van der Waals surface area (Å²) >= 11 is 0. The number of aliphatic carboxylic acids is 1. The van der Waals surface area contributed by atoms with Crippen molar-refractivity contribution in [2.45, 2.75) is 25.2 Å². The monoisotopic (exact) mass is 391 g/mol. The van der Waals surface area contributed by atoms with Crippen LogP contribution >= 0.6 is 0 Å². The lowest BCUT2D eigenvalue weighted by Gasteiger charge is -2.44. The molecule has 2 aromatic rings. The van der Waals surface area contributed by atoms with Crippen LogP contribution in [-0.2, 0) is 9.53 Å². The van der Waals surface area contributed by atoms with Gasteiger partial charge in [-0.1, -0.05) is 55.0 Å². The zero-order valence-corrected chi connectivity index (χ0v) is 16.3. The molecule has 1 saturated carbocycles. The van der Waals surface area contributed by atoms with E-state index in [0.29, 0.717) is 19.7 Å². The number of likely N-dealkylation sites (tertiary alicyclic amines) is 1. The largest absolute Gasteiger partial charge is 0.481 e. The first-order valence-corrected chi connectivity index (χ1v) is 10.5. The Hall–Kier alpha value is -2.82. The molecule has 1 heterocycles. The Balaban J connectivity index is 1.30. The minimum Gasteiger partial charge on any atom is -0.481 e. The van der Waals surface area contributed by atoms with Gasteiger partial charge in [0.05, 0.1) is 5.92 Å². The number of piperidine rings is 1. The van der Waals surface area contributed by atoms with Crippen LogP contribution in [-0.4, -0.2) is 41.8 Å². The molecule has 2 fully saturated rings. The zero-order chi connectivity index (χ0) is 20.0. The molecule has 3 aliphatic rings. The summed E-state index contributed by atoms with van der Waals surface area (Å²) in [6, 6.07) is 16.6. The Bertz CT molecular complexity index is 896. The lowest BCUT2D eigenvalue weighted by molar-refractivity contribution is -0.150. The lowest BCUT2D eigenvalue weighted by atomic mass is 9.69. The van der Waals surface area contributed by atoms with Gasteiger partial charge in [0.15, 0.2) is 0 Å². The van der Waals surface area contributed by atoms with Crippen molar-refractivity contribution in [1.82, 2.24) is 4.90 Å². The third-order valence-electron chi connectivity index (χ3n) is 6.95. The molecule has 5 rings (SSSR count). The maximum Gasteiger partial charge on any atom is 0.409 e. The molecule has 5 nitrogen and oxygen atoms in total. The number of nitrogens with zero attached hydrogens (tertiary/aromatic N) is 1. The number of benzene rings is 2. The van der Waals surface area contributed by atoms with Crippen LogP contribution < -0.4 is 0 Å². The minimum absolute atomic E-state index is 0.0421. The van der Waals surface area contributed by atoms with E-state index in [0.717, 1.165) is 19.3 Å². The Labute approximate surface area is 170 Å². The molecule has 1 unspecified atom stereocenters. The Morgan fingerprint density at radius 2 is 1.48 bits per heavy atom. The number of fused-ring (bicyclic) bond motifs is 5. The van der Waals surface area contributed by atoms with E-state index in [-0.39, 0.29) is 29.8 Å².